The summed E-state index contributed by atoms with van der Waals surface area (Å²) in [6.07, 6.45) is -0.220. The summed E-state index contributed by atoms with van der Waals surface area (Å²) in [7, 11) is 0. The van der Waals surface area contributed by atoms with Gasteiger partial charge in [0.1, 0.15) is 6.42 Å². The summed E-state index contributed by atoms with van der Waals surface area (Å²) < 4.78 is 0. The third kappa shape index (κ3) is 4.61. The molecule has 0 atom stereocenters. The van der Waals surface area contributed by atoms with E-state index in [4.69, 9.17) is 5.26 Å². The van der Waals surface area contributed by atoms with E-state index in [-0.39, 0.29) is 41.5 Å². The van der Waals surface area contributed by atoms with Crippen LogP contribution in [0, 0.1) is 11.3 Å². The average Bonchev–Trinajstić information content (AvgIpc) is 2.97. The van der Waals surface area contributed by atoms with Crippen molar-refractivity contribution in [2.75, 3.05) is 5.32 Å². The Kier molecular flexibility index (Phi) is 5.88. The molecule has 1 heterocycles. The van der Waals surface area contributed by atoms with E-state index >= 15 is 0 Å². The summed E-state index contributed by atoms with van der Waals surface area (Å²) in [6.45, 7) is 5.55. The molecule has 0 spiro atoms. The highest BCUT2D eigenvalue weighted by molar-refractivity contribution is 6.22. The van der Waals surface area contributed by atoms with Crippen LogP contribution >= 0.6 is 0 Å². The number of hydrogen-bond acceptors (Lipinski definition) is 5. The molecule has 0 saturated heterocycles. The van der Waals surface area contributed by atoms with Gasteiger partial charge < -0.3 is 10.6 Å². The predicted molar refractivity (Wildman–Crippen MR) is 113 cm³/mol. The normalized spacial score (nSPS) is 12.9. The Hall–Kier alpha value is -3.99. The molecule has 1 aliphatic heterocycles. The van der Waals surface area contributed by atoms with Crippen LogP contribution in [0.25, 0.3) is 0 Å². The van der Waals surface area contributed by atoms with E-state index in [0.29, 0.717) is 5.69 Å². The molecule has 0 aromatic heterocycles. The second-order valence-corrected chi connectivity index (χ2v) is 8.14. The van der Waals surface area contributed by atoms with Crippen LogP contribution in [0.15, 0.2) is 42.5 Å². The summed E-state index contributed by atoms with van der Waals surface area (Å²) in [6, 6.07) is 13.1. The van der Waals surface area contributed by atoms with E-state index in [2.05, 4.69) is 10.6 Å². The molecule has 0 radical (unpaired) electrons. The number of benzene rings is 2. The SMILES string of the molecule is CC(C)(C)N1C(=O)c2ccc(C(=O)Nc3cccc(CNC(=O)CC#N)c3)cc2C1=O. The van der Waals surface area contributed by atoms with E-state index in [0.717, 1.165) is 5.56 Å². The van der Waals surface area contributed by atoms with Gasteiger partial charge >= 0.3 is 0 Å². The molecule has 2 aromatic carbocycles. The highest BCUT2D eigenvalue weighted by Crippen LogP contribution is 2.30. The van der Waals surface area contributed by atoms with Crippen molar-refractivity contribution in [3.8, 4) is 6.07 Å². The summed E-state index contributed by atoms with van der Waals surface area (Å²) in [5.41, 5.74) is 1.34. The fourth-order valence-corrected chi connectivity index (χ4v) is 3.29. The van der Waals surface area contributed by atoms with Crippen LogP contribution in [0.5, 0.6) is 0 Å². The Labute approximate surface area is 179 Å². The van der Waals surface area contributed by atoms with Crippen LogP contribution in [-0.2, 0) is 11.3 Å². The first-order chi connectivity index (χ1) is 14.6. The van der Waals surface area contributed by atoms with E-state index in [9.17, 15) is 19.2 Å². The lowest BCUT2D eigenvalue weighted by atomic mass is 10.1. The average molecular weight is 418 g/mol. The fourth-order valence-electron chi connectivity index (χ4n) is 3.29. The Bertz CT molecular complexity index is 1130. The highest BCUT2D eigenvalue weighted by atomic mass is 16.2. The van der Waals surface area contributed by atoms with E-state index in [1.165, 1.54) is 23.1 Å². The minimum Gasteiger partial charge on any atom is -0.351 e. The molecule has 158 valence electrons. The molecule has 0 bridgehead atoms. The monoisotopic (exact) mass is 418 g/mol. The molecule has 4 amide bonds. The molecule has 31 heavy (non-hydrogen) atoms. The van der Waals surface area contributed by atoms with Crippen molar-refractivity contribution in [1.29, 1.82) is 5.26 Å². The lowest BCUT2D eigenvalue weighted by molar-refractivity contribution is -0.120. The third-order valence-electron chi connectivity index (χ3n) is 4.73. The van der Waals surface area contributed by atoms with Crippen LogP contribution in [0.3, 0.4) is 0 Å². The molecule has 8 heteroatoms. The molecular formula is C23H22N4O4. The maximum Gasteiger partial charge on any atom is 0.262 e. The van der Waals surface area contributed by atoms with Gasteiger partial charge in [0.2, 0.25) is 5.91 Å². The second kappa shape index (κ2) is 8.40. The molecule has 8 nitrogen and oxygen atoms in total. The number of hydrogen-bond donors (Lipinski definition) is 2. The van der Waals surface area contributed by atoms with Gasteiger partial charge in [-0.2, -0.15) is 5.26 Å². The Balaban J connectivity index is 1.75. The molecule has 2 aromatic rings. The number of imide groups is 1. The molecule has 0 saturated carbocycles. The lowest BCUT2D eigenvalue weighted by Gasteiger charge is -2.29. The summed E-state index contributed by atoms with van der Waals surface area (Å²) in [4.78, 5) is 50.6. The molecule has 3 rings (SSSR count). The third-order valence-corrected chi connectivity index (χ3v) is 4.73. The van der Waals surface area contributed by atoms with Gasteiger partial charge in [0.15, 0.2) is 0 Å². The zero-order valence-electron chi connectivity index (χ0n) is 17.5. The van der Waals surface area contributed by atoms with Gasteiger partial charge in [-0.3, -0.25) is 24.1 Å². The first kappa shape index (κ1) is 21.7. The van der Waals surface area contributed by atoms with Crippen LogP contribution in [0.4, 0.5) is 5.69 Å². The van der Waals surface area contributed by atoms with Gasteiger partial charge in [-0.1, -0.05) is 12.1 Å². The van der Waals surface area contributed by atoms with Gasteiger partial charge in [-0.15, -0.1) is 0 Å². The molecule has 2 N–H and O–H groups in total. The largest absolute Gasteiger partial charge is 0.351 e. The molecule has 0 fully saturated rings. The van der Waals surface area contributed by atoms with Crippen LogP contribution in [0.1, 0.15) is 63.8 Å². The minimum atomic E-state index is -0.668. The Morgan fingerprint density at radius 2 is 1.74 bits per heavy atom. The smallest absolute Gasteiger partial charge is 0.262 e. The van der Waals surface area contributed by atoms with E-state index in [1.54, 1.807) is 51.1 Å². The van der Waals surface area contributed by atoms with Crippen LogP contribution in [0.2, 0.25) is 0 Å². The number of nitriles is 1. The predicted octanol–water partition coefficient (Wildman–Crippen LogP) is 2.86. The highest BCUT2D eigenvalue weighted by Gasteiger charge is 2.42. The van der Waals surface area contributed by atoms with Crippen molar-refractivity contribution >= 4 is 29.3 Å². The van der Waals surface area contributed by atoms with Gasteiger partial charge in [0.25, 0.3) is 17.7 Å². The first-order valence-corrected chi connectivity index (χ1v) is 9.68. The number of amides is 4. The van der Waals surface area contributed by atoms with Crippen molar-refractivity contribution in [2.45, 2.75) is 39.3 Å². The number of fused-ring (bicyclic) bond motifs is 1. The Morgan fingerprint density at radius 1 is 1.03 bits per heavy atom. The zero-order valence-corrected chi connectivity index (χ0v) is 17.5. The number of nitrogens with one attached hydrogen (secondary N) is 2. The van der Waals surface area contributed by atoms with Gasteiger partial charge in [0.05, 0.1) is 17.2 Å². The van der Waals surface area contributed by atoms with Gasteiger partial charge in [-0.05, 0) is 56.7 Å². The van der Waals surface area contributed by atoms with Crippen molar-refractivity contribution < 1.29 is 19.2 Å². The number of carbonyl (C=O) groups is 4. The molecule has 1 aliphatic rings. The number of carbonyl (C=O) groups excluding carboxylic acids is 4. The fraction of sp³-hybridized carbons (Fsp3) is 0.261. The van der Waals surface area contributed by atoms with Gasteiger partial charge in [0, 0.05) is 23.3 Å². The van der Waals surface area contributed by atoms with Crippen molar-refractivity contribution in [3.05, 3.63) is 64.7 Å². The second-order valence-electron chi connectivity index (χ2n) is 8.14. The maximum absolute atomic E-state index is 12.7. The van der Waals surface area contributed by atoms with Crippen molar-refractivity contribution in [1.82, 2.24) is 10.2 Å². The van der Waals surface area contributed by atoms with Crippen LogP contribution in [-0.4, -0.2) is 34.1 Å². The number of anilines is 1. The molecule has 0 unspecified atom stereocenters. The summed E-state index contributed by atoms with van der Waals surface area (Å²) in [5, 5.41) is 13.9. The minimum absolute atomic E-state index is 0.210. The first-order valence-electron chi connectivity index (χ1n) is 9.68. The molecular weight excluding hydrogens is 396 g/mol. The summed E-state index contributed by atoms with van der Waals surface area (Å²) >= 11 is 0. The van der Waals surface area contributed by atoms with E-state index < -0.39 is 17.4 Å². The zero-order chi connectivity index (χ0) is 22.8. The van der Waals surface area contributed by atoms with Crippen molar-refractivity contribution in [2.24, 2.45) is 0 Å². The molecule has 0 aliphatic carbocycles. The van der Waals surface area contributed by atoms with Crippen LogP contribution < -0.4 is 10.6 Å². The topological polar surface area (TPSA) is 119 Å². The summed E-state index contributed by atoms with van der Waals surface area (Å²) in [5.74, 6) is -1.59. The van der Waals surface area contributed by atoms with Gasteiger partial charge in [-0.25, -0.2) is 0 Å². The Morgan fingerprint density at radius 3 is 2.42 bits per heavy atom. The quantitative estimate of drug-likeness (QED) is 0.724. The van der Waals surface area contributed by atoms with Crippen molar-refractivity contribution in [3.63, 3.8) is 0 Å². The standard InChI is InChI=1S/C23H22N4O4/c1-23(2,3)27-21(30)17-8-7-15(12-18(17)22(27)31)20(29)26-16-6-4-5-14(11-16)13-25-19(28)9-10-24/h4-8,11-12H,9,13H2,1-3H3,(H,25,28)(H,26,29). The van der Waals surface area contributed by atoms with E-state index in [1.807, 2.05) is 0 Å². The number of nitrogens with zero attached hydrogens (tertiary/aromatic N) is 2. The number of rotatable bonds is 5. The maximum atomic E-state index is 12.7. The lowest BCUT2D eigenvalue weighted by Crippen LogP contribution is -2.45.